The van der Waals surface area contributed by atoms with Gasteiger partial charge in [-0.2, -0.15) is 5.10 Å². The van der Waals surface area contributed by atoms with Crippen molar-refractivity contribution in [2.24, 2.45) is 5.10 Å². The number of benzene rings is 1. The van der Waals surface area contributed by atoms with E-state index in [1.807, 2.05) is 0 Å². The van der Waals surface area contributed by atoms with Gasteiger partial charge < -0.3 is 9.05 Å². The number of carbonyl (C=O) groups excluding carboxylic acids is 1. The molecule has 1 amide bonds. The lowest BCUT2D eigenvalue weighted by atomic mass is 10.2. The van der Waals surface area contributed by atoms with E-state index in [-0.39, 0.29) is 31.5 Å². The Kier molecular flexibility index (Phi) is 8.25. The average Bonchev–Trinajstić information content (AvgIpc) is 2.54. The fraction of sp³-hybridized carbons (Fsp3) is 0.429. The third kappa shape index (κ3) is 6.99. The highest BCUT2D eigenvalue weighted by Gasteiger charge is 2.24. The number of non-ortho nitro benzene ring substituents is 1. The molecule has 0 atom stereocenters. The normalized spacial score (nSPS) is 11.6. The van der Waals surface area contributed by atoms with Crippen molar-refractivity contribution in [1.82, 2.24) is 5.43 Å². The van der Waals surface area contributed by atoms with E-state index in [9.17, 15) is 19.5 Å². The number of hydrazone groups is 1. The van der Waals surface area contributed by atoms with E-state index in [0.29, 0.717) is 5.56 Å². The fourth-order valence-corrected chi connectivity index (χ4v) is 3.31. The van der Waals surface area contributed by atoms with Crippen LogP contribution in [0.1, 0.15) is 25.8 Å². The van der Waals surface area contributed by atoms with Crippen LogP contribution < -0.4 is 5.43 Å². The lowest BCUT2D eigenvalue weighted by Crippen LogP contribution is -2.19. The number of amides is 1. The minimum absolute atomic E-state index is 0.0289. The van der Waals surface area contributed by atoms with Gasteiger partial charge in [0.15, 0.2) is 0 Å². The smallest absolute Gasteiger partial charge is 0.309 e. The van der Waals surface area contributed by atoms with Crippen LogP contribution >= 0.6 is 7.60 Å². The van der Waals surface area contributed by atoms with E-state index in [1.54, 1.807) is 13.8 Å². The second-order valence-corrected chi connectivity index (χ2v) is 6.75. The number of rotatable bonds is 10. The number of hydrogen-bond acceptors (Lipinski definition) is 7. The van der Waals surface area contributed by atoms with Crippen LogP contribution in [0.25, 0.3) is 0 Å². The lowest BCUT2D eigenvalue weighted by molar-refractivity contribution is -0.384. The average molecular weight is 357 g/mol. The second kappa shape index (κ2) is 9.92. The third-order valence-electron chi connectivity index (χ3n) is 2.77. The van der Waals surface area contributed by atoms with Crippen LogP contribution in [-0.4, -0.2) is 36.4 Å². The van der Waals surface area contributed by atoms with Gasteiger partial charge in [-0.3, -0.25) is 19.5 Å². The monoisotopic (exact) mass is 357 g/mol. The Balaban J connectivity index is 2.47. The molecule has 24 heavy (non-hydrogen) atoms. The Morgan fingerprint density at radius 1 is 1.29 bits per heavy atom. The third-order valence-corrected chi connectivity index (χ3v) is 4.85. The van der Waals surface area contributed by atoms with Crippen molar-refractivity contribution >= 4 is 25.4 Å². The van der Waals surface area contributed by atoms with E-state index in [1.165, 1.54) is 30.5 Å². The summed E-state index contributed by atoms with van der Waals surface area (Å²) in [6, 6.07) is 5.69. The number of nitrogens with zero attached hydrogens (tertiary/aromatic N) is 2. The fourth-order valence-electron chi connectivity index (χ4n) is 1.72. The predicted molar refractivity (Wildman–Crippen MR) is 89.2 cm³/mol. The van der Waals surface area contributed by atoms with Gasteiger partial charge in [0.1, 0.15) is 0 Å². The molecule has 1 aromatic carbocycles. The summed E-state index contributed by atoms with van der Waals surface area (Å²) in [6.45, 7) is 3.86. The van der Waals surface area contributed by atoms with Crippen molar-refractivity contribution in [3.05, 3.63) is 39.9 Å². The summed E-state index contributed by atoms with van der Waals surface area (Å²) >= 11 is 0. The first kappa shape index (κ1) is 20.0. The van der Waals surface area contributed by atoms with Gasteiger partial charge in [0, 0.05) is 18.6 Å². The first-order chi connectivity index (χ1) is 11.4. The van der Waals surface area contributed by atoms with Gasteiger partial charge in [0.25, 0.3) is 5.69 Å². The molecule has 0 spiro atoms. The first-order valence-electron chi connectivity index (χ1n) is 7.34. The molecule has 1 aromatic rings. The van der Waals surface area contributed by atoms with Crippen molar-refractivity contribution in [1.29, 1.82) is 0 Å². The Labute approximate surface area is 139 Å². The predicted octanol–water partition coefficient (Wildman–Crippen LogP) is 2.70. The molecular formula is C14H20N3O6P. The van der Waals surface area contributed by atoms with Gasteiger partial charge in [-0.05, 0) is 31.5 Å². The molecule has 0 aromatic heterocycles. The topological polar surface area (TPSA) is 120 Å². The molecule has 0 aliphatic rings. The van der Waals surface area contributed by atoms with Crippen LogP contribution in [0.2, 0.25) is 0 Å². The Bertz CT molecular complexity index is 622. The minimum Gasteiger partial charge on any atom is -0.309 e. The number of nitro groups is 1. The summed E-state index contributed by atoms with van der Waals surface area (Å²) in [5, 5.41) is 14.3. The Morgan fingerprint density at radius 2 is 1.88 bits per heavy atom. The van der Waals surface area contributed by atoms with Crippen molar-refractivity contribution in [3.63, 3.8) is 0 Å². The summed E-state index contributed by atoms with van der Waals surface area (Å²) in [5.41, 5.74) is 2.85. The van der Waals surface area contributed by atoms with Crippen molar-refractivity contribution in [2.45, 2.75) is 20.3 Å². The van der Waals surface area contributed by atoms with Gasteiger partial charge in [-0.25, -0.2) is 5.43 Å². The maximum atomic E-state index is 12.2. The quantitative estimate of drug-likeness (QED) is 0.297. The molecule has 132 valence electrons. The largest absolute Gasteiger partial charge is 0.331 e. The van der Waals surface area contributed by atoms with Crippen molar-refractivity contribution in [3.8, 4) is 0 Å². The molecule has 1 N–H and O–H groups in total. The maximum Gasteiger partial charge on any atom is 0.331 e. The molecule has 0 saturated carbocycles. The molecule has 0 heterocycles. The molecule has 1 rings (SSSR count). The zero-order valence-corrected chi connectivity index (χ0v) is 14.4. The standard InChI is InChI=1S/C14H20N3O6P/c1-3-22-24(21,23-4-2)10-9-14(18)16-15-11-12-5-7-13(8-6-12)17(19)20/h5-8,11H,3-4,9-10H2,1-2H3,(H,16,18). The maximum absolute atomic E-state index is 12.2. The number of hydrogen-bond donors (Lipinski definition) is 1. The Morgan fingerprint density at radius 3 is 2.38 bits per heavy atom. The van der Waals surface area contributed by atoms with Crippen LogP contribution in [0.5, 0.6) is 0 Å². The van der Waals surface area contributed by atoms with E-state index in [0.717, 1.165) is 0 Å². The summed E-state index contributed by atoms with van der Waals surface area (Å²) in [5.74, 6) is -0.437. The molecule has 0 bridgehead atoms. The zero-order chi connectivity index (χ0) is 18.0. The molecule has 0 unspecified atom stereocenters. The minimum atomic E-state index is -3.25. The van der Waals surface area contributed by atoms with Crippen LogP contribution in [-0.2, 0) is 18.4 Å². The summed E-state index contributed by atoms with van der Waals surface area (Å²) in [7, 11) is -3.25. The molecule has 0 aliphatic heterocycles. The summed E-state index contributed by atoms with van der Waals surface area (Å²) < 4.78 is 22.4. The van der Waals surface area contributed by atoms with Crippen LogP contribution in [0.4, 0.5) is 5.69 Å². The van der Waals surface area contributed by atoms with E-state index < -0.39 is 18.4 Å². The Hall–Kier alpha value is -2.09. The molecule has 0 saturated heterocycles. The van der Waals surface area contributed by atoms with Gasteiger partial charge in [0.05, 0.1) is 30.5 Å². The molecule has 0 aliphatic carbocycles. The number of carbonyl (C=O) groups is 1. The van der Waals surface area contributed by atoms with Crippen molar-refractivity contribution in [2.75, 3.05) is 19.4 Å². The van der Waals surface area contributed by atoms with Crippen LogP contribution in [0, 0.1) is 10.1 Å². The summed E-state index contributed by atoms with van der Waals surface area (Å²) in [4.78, 5) is 21.7. The molecule has 0 radical (unpaired) electrons. The van der Waals surface area contributed by atoms with E-state index in [4.69, 9.17) is 9.05 Å². The molecule has 10 heteroatoms. The van der Waals surface area contributed by atoms with Gasteiger partial charge in [-0.15, -0.1) is 0 Å². The highest BCUT2D eigenvalue weighted by molar-refractivity contribution is 7.53. The zero-order valence-electron chi connectivity index (χ0n) is 13.5. The van der Waals surface area contributed by atoms with Gasteiger partial charge >= 0.3 is 7.60 Å². The highest BCUT2D eigenvalue weighted by Crippen LogP contribution is 2.48. The molecule has 9 nitrogen and oxygen atoms in total. The lowest BCUT2D eigenvalue weighted by Gasteiger charge is -2.16. The second-order valence-electron chi connectivity index (χ2n) is 4.56. The summed E-state index contributed by atoms with van der Waals surface area (Å²) in [6.07, 6.45) is 1.26. The SMILES string of the molecule is CCOP(=O)(CCC(=O)NN=Cc1ccc([N+](=O)[O-])cc1)OCC. The van der Waals surface area contributed by atoms with Gasteiger partial charge in [-0.1, -0.05) is 0 Å². The van der Waals surface area contributed by atoms with E-state index >= 15 is 0 Å². The van der Waals surface area contributed by atoms with Crippen LogP contribution in [0.15, 0.2) is 29.4 Å². The molecular weight excluding hydrogens is 337 g/mol. The first-order valence-corrected chi connectivity index (χ1v) is 9.07. The van der Waals surface area contributed by atoms with Crippen LogP contribution in [0.3, 0.4) is 0 Å². The highest BCUT2D eigenvalue weighted by atomic mass is 31.2. The number of nitro benzene ring substituents is 1. The number of nitrogens with one attached hydrogen (secondary N) is 1. The van der Waals surface area contributed by atoms with E-state index in [2.05, 4.69) is 10.5 Å². The molecule has 0 fully saturated rings. The van der Waals surface area contributed by atoms with Gasteiger partial charge in [0.2, 0.25) is 5.91 Å². The van der Waals surface area contributed by atoms with Crippen molar-refractivity contribution < 1.29 is 23.3 Å².